The van der Waals surface area contributed by atoms with Gasteiger partial charge in [0.05, 0.1) is 42.6 Å². The summed E-state index contributed by atoms with van der Waals surface area (Å²) in [5.74, 6) is 0.613. The minimum atomic E-state index is -3.29. The van der Waals surface area contributed by atoms with Gasteiger partial charge in [-0.15, -0.1) is 0 Å². The number of ether oxygens (including phenoxy) is 1. The topological polar surface area (TPSA) is 76.5 Å². The number of hydrogen-bond acceptors (Lipinski definition) is 5. The van der Waals surface area contributed by atoms with Crippen molar-refractivity contribution in [1.29, 1.82) is 0 Å². The quantitative estimate of drug-likeness (QED) is 0.708. The Kier molecular flexibility index (Phi) is 6.69. The van der Waals surface area contributed by atoms with E-state index in [2.05, 4.69) is 45.1 Å². The SMILES string of the molecule is Cc1c(N2CC[C@H](NS(C)(=O)=O)[C@@H]2CO[C@H]2CC[C@@H](c3ccccc3)CC2)cnn1C. The van der Waals surface area contributed by atoms with Crippen LogP contribution < -0.4 is 9.62 Å². The predicted molar refractivity (Wildman–Crippen MR) is 123 cm³/mol. The zero-order valence-electron chi connectivity index (χ0n) is 18.7. The van der Waals surface area contributed by atoms with Gasteiger partial charge in [-0.05, 0) is 50.5 Å². The molecule has 1 saturated heterocycles. The minimum absolute atomic E-state index is 0.0375. The van der Waals surface area contributed by atoms with Crippen molar-refractivity contribution in [2.75, 3.05) is 24.3 Å². The van der Waals surface area contributed by atoms with Gasteiger partial charge >= 0.3 is 0 Å². The Labute approximate surface area is 185 Å². The van der Waals surface area contributed by atoms with E-state index in [0.717, 1.165) is 50.0 Å². The van der Waals surface area contributed by atoms with Crippen molar-refractivity contribution in [2.45, 2.75) is 63.1 Å². The second kappa shape index (κ2) is 9.30. The summed E-state index contributed by atoms with van der Waals surface area (Å²) in [7, 11) is -1.36. The van der Waals surface area contributed by atoms with Gasteiger partial charge in [0.2, 0.25) is 10.0 Å². The van der Waals surface area contributed by atoms with Crippen LogP contribution in [0.2, 0.25) is 0 Å². The highest BCUT2D eigenvalue weighted by atomic mass is 32.2. The molecule has 170 valence electrons. The van der Waals surface area contributed by atoms with Crippen LogP contribution in [-0.2, 0) is 21.8 Å². The van der Waals surface area contributed by atoms with Crippen molar-refractivity contribution < 1.29 is 13.2 Å². The number of benzene rings is 1. The molecule has 2 fully saturated rings. The summed E-state index contributed by atoms with van der Waals surface area (Å²) in [5, 5.41) is 4.38. The second-order valence-corrected chi connectivity index (χ2v) is 10.8. The van der Waals surface area contributed by atoms with Crippen LogP contribution in [-0.4, -0.2) is 55.8 Å². The van der Waals surface area contributed by atoms with Gasteiger partial charge < -0.3 is 9.64 Å². The van der Waals surface area contributed by atoms with Crippen LogP contribution in [0.4, 0.5) is 5.69 Å². The normalized spacial score (nSPS) is 27.0. The summed E-state index contributed by atoms with van der Waals surface area (Å²) in [6.07, 6.45) is 8.45. The van der Waals surface area contributed by atoms with Crippen LogP contribution in [0.5, 0.6) is 0 Å². The third-order valence-electron chi connectivity index (χ3n) is 6.88. The molecule has 8 heteroatoms. The van der Waals surface area contributed by atoms with Crippen LogP contribution in [0.1, 0.15) is 49.3 Å². The summed E-state index contributed by atoms with van der Waals surface area (Å²) in [4.78, 5) is 2.26. The molecule has 0 bridgehead atoms. The van der Waals surface area contributed by atoms with E-state index in [-0.39, 0.29) is 18.2 Å². The standard InChI is InChI=1S/C23H34N4O3S/c1-17-22(15-24-26(17)2)27-14-13-21(25-31(3,28)29)23(27)16-30-20-11-9-19(10-12-20)18-7-5-4-6-8-18/h4-8,15,19-21,23,25H,9-14,16H2,1-3H3/t19-,20+,21-,23-/m0/s1. The van der Waals surface area contributed by atoms with Gasteiger partial charge in [0.1, 0.15) is 0 Å². The Bertz CT molecular complexity index is 968. The van der Waals surface area contributed by atoms with Gasteiger partial charge in [0.15, 0.2) is 0 Å². The molecular formula is C23H34N4O3S. The summed E-state index contributed by atoms with van der Waals surface area (Å²) >= 11 is 0. The van der Waals surface area contributed by atoms with E-state index in [4.69, 9.17) is 4.74 Å². The van der Waals surface area contributed by atoms with Crippen molar-refractivity contribution in [3.8, 4) is 0 Å². The first kappa shape index (κ1) is 22.3. The van der Waals surface area contributed by atoms with Crippen LogP contribution in [0.3, 0.4) is 0 Å². The summed E-state index contributed by atoms with van der Waals surface area (Å²) in [6.45, 7) is 3.35. The summed E-state index contributed by atoms with van der Waals surface area (Å²) < 4.78 is 35.0. The molecule has 1 saturated carbocycles. The third kappa shape index (κ3) is 5.30. The van der Waals surface area contributed by atoms with Crippen molar-refractivity contribution in [1.82, 2.24) is 14.5 Å². The lowest BCUT2D eigenvalue weighted by Crippen LogP contribution is -2.48. The van der Waals surface area contributed by atoms with E-state index in [0.29, 0.717) is 12.5 Å². The first-order valence-electron chi connectivity index (χ1n) is 11.2. The number of anilines is 1. The summed E-state index contributed by atoms with van der Waals surface area (Å²) in [5.41, 5.74) is 3.56. The molecule has 0 spiro atoms. The van der Waals surface area contributed by atoms with Crippen LogP contribution >= 0.6 is 0 Å². The zero-order chi connectivity index (χ0) is 22.0. The maximum atomic E-state index is 11.9. The fourth-order valence-electron chi connectivity index (χ4n) is 5.06. The fourth-order valence-corrected chi connectivity index (χ4v) is 5.89. The molecule has 0 unspecified atom stereocenters. The third-order valence-corrected chi connectivity index (χ3v) is 7.61. The Morgan fingerprint density at radius 2 is 1.84 bits per heavy atom. The van der Waals surface area contributed by atoms with Crippen LogP contribution in [0, 0.1) is 6.92 Å². The molecule has 7 nitrogen and oxygen atoms in total. The van der Waals surface area contributed by atoms with Crippen LogP contribution in [0.25, 0.3) is 0 Å². The number of aryl methyl sites for hydroxylation is 1. The molecule has 1 aliphatic carbocycles. The molecule has 0 radical (unpaired) electrons. The zero-order valence-corrected chi connectivity index (χ0v) is 19.5. The number of nitrogens with zero attached hydrogens (tertiary/aromatic N) is 3. The van der Waals surface area contributed by atoms with Gasteiger partial charge in [0.25, 0.3) is 0 Å². The second-order valence-electron chi connectivity index (χ2n) is 9.00. The highest BCUT2D eigenvalue weighted by molar-refractivity contribution is 7.88. The molecule has 31 heavy (non-hydrogen) atoms. The Morgan fingerprint density at radius 3 is 2.45 bits per heavy atom. The lowest BCUT2D eigenvalue weighted by Gasteiger charge is -2.33. The molecule has 2 aliphatic rings. The van der Waals surface area contributed by atoms with E-state index in [1.807, 2.05) is 24.9 Å². The number of sulfonamides is 1. The summed E-state index contributed by atoms with van der Waals surface area (Å²) in [6, 6.07) is 10.5. The van der Waals surface area contributed by atoms with E-state index < -0.39 is 10.0 Å². The lowest BCUT2D eigenvalue weighted by atomic mass is 9.83. The fraction of sp³-hybridized carbons (Fsp3) is 0.609. The van der Waals surface area contributed by atoms with Crippen molar-refractivity contribution in [3.63, 3.8) is 0 Å². The first-order chi connectivity index (χ1) is 14.8. The molecule has 4 rings (SSSR count). The van der Waals surface area contributed by atoms with Crippen molar-refractivity contribution in [3.05, 3.63) is 47.8 Å². The van der Waals surface area contributed by atoms with E-state index in [1.165, 1.54) is 11.8 Å². The van der Waals surface area contributed by atoms with Gasteiger partial charge in [-0.1, -0.05) is 30.3 Å². The van der Waals surface area contributed by atoms with Gasteiger partial charge in [-0.2, -0.15) is 5.10 Å². The van der Waals surface area contributed by atoms with Gasteiger partial charge in [-0.3, -0.25) is 4.68 Å². The van der Waals surface area contributed by atoms with Crippen molar-refractivity contribution in [2.24, 2.45) is 7.05 Å². The van der Waals surface area contributed by atoms with E-state index in [1.54, 1.807) is 0 Å². The average molecular weight is 447 g/mol. The number of rotatable bonds is 7. The highest BCUT2D eigenvalue weighted by Crippen LogP contribution is 2.35. The maximum Gasteiger partial charge on any atom is 0.209 e. The molecule has 1 aromatic heterocycles. The lowest BCUT2D eigenvalue weighted by molar-refractivity contribution is 0.0157. The van der Waals surface area contributed by atoms with Gasteiger partial charge in [0, 0.05) is 19.6 Å². The smallest absolute Gasteiger partial charge is 0.209 e. The molecule has 1 aliphatic heterocycles. The highest BCUT2D eigenvalue weighted by Gasteiger charge is 2.38. The van der Waals surface area contributed by atoms with E-state index in [9.17, 15) is 8.42 Å². The molecule has 0 amide bonds. The number of aromatic nitrogens is 2. The predicted octanol–water partition coefficient (Wildman–Crippen LogP) is 2.97. The average Bonchev–Trinajstić information content (AvgIpc) is 3.28. The van der Waals surface area contributed by atoms with Crippen LogP contribution in [0.15, 0.2) is 36.5 Å². The minimum Gasteiger partial charge on any atom is -0.376 e. The maximum absolute atomic E-state index is 11.9. The van der Waals surface area contributed by atoms with Gasteiger partial charge in [-0.25, -0.2) is 13.1 Å². The monoisotopic (exact) mass is 446 g/mol. The Balaban J connectivity index is 1.40. The molecule has 2 heterocycles. The largest absolute Gasteiger partial charge is 0.376 e. The molecule has 1 aromatic carbocycles. The number of hydrogen-bond donors (Lipinski definition) is 1. The molecule has 1 N–H and O–H groups in total. The Hall–Kier alpha value is -1.90. The molecular weight excluding hydrogens is 412 g/mol. The number of nitrogens with one attached hydrogen (secondary N) is 1. The molecule has 2 aromatic rings. The van der Waals surface area contributed by atoms with Crippen molar-refractivity contribution >= 4 is 15.7 Å². The Morgan fingerprint density at radius 1 is 1.13 bits per heavy atom. The van der Waals surface area contributed by atoms with E-state index >= 15 is 0 Å². The molecule has 2 atom stereocenters. The first-order valence-corrected chi connectivity index (χ1v) is 13.1.